The Morgan fingerprint density at radius 3 is 2.59 bits per heavy atom. The molecule has 4 rings (SSSR count). The Morgan fingerprint density at radius 2 is 1.98 bits per heavy atom. The third-order valence-electron chi connectivity index (χ3n) is 7.00. The molecular formula is C26H34N4O8S3. The van der Waals surface area contributed by atoms with Gasteiger partial charge in [-0.1, -0.05) is 18.1 Å². The van der Waals surface area contributed by atoms with Crippen LogP contribution in [0.25, 0.3) is 0 Å². The van der Waals surface area contributed by atoms with Crippen molar-refractivity contribution >= 4 is 43.0 Å². The number of sulfonamides is 2. The lowest BCUT2D eigenvalue weighted by molar-refractivity contribution is -0.134. The van der Waals surface area contributed by atoms with Gasteiger partial charge in [-0.3, -0.25) is 9.52 Å². The number of aliphatic hydroxyl groups is 1. The molecule has 0 fully saturated rings. The maximum atomic E-state index is 13.4. The van der Waals surface area contributed by atoms with Crippen molar-refractivity contribution in [2.45, 2.75) is 55.4 Å². The molecular weight excluding hydrogens is 593 g/mol. The molecule has 41 heavy (non-hydrogen) atoms. The number of likely N-dealkylation sites (N-methyl/N-ethyl adjacent to an activating group) is 1. The van der Waals surface area contributed by atoms with Gasteiger partial charge in [0.05, 0.1) is 25.6 Å². The van der Waals surface area contributed by atoms with E-state index in [-0.39, 0.29) is 64.2 Å². The van der Waals surface area contributed by atoms with Gasteiger partial charge in [0, 0.05) is 30.8 Å². The number of fused-ring (bicyclic) bond motifs is 1. The lowest BCUT2D eigenvalue weighted by Gasteiger charge is -2.33. The van der Waals surface area contributed by atoms with Gasteiger partial charge in [-0.25, -0.2) is 16.8 Å². The van der Waals surface area contributed by atoms with E-state index < -0.39 is 32.2 Å². The van der Waals surface area contributed by atoms with Crippen LogP contribution in [0.5, 0.6) is 5.75 Å². The molecule has 2 N–H and O–H groups in total. The average Bonchev–Trinajstić information content (AvgIpc) is 3.57. The second kappa shape index (κ2) is 12.1. The van der Waals surface area contributed by atoms with Crippen molar-refractivity contribution < 1.29 is 36.0 Å². The minimum atomic E-state index is -4.04. The second-order valence-electron chi connectivity index (χ2n) is 10.2. The van der Waals surface area contributed by atoms with Crippen LogP contribution in [0.4, 0.5) is 5.69 Å². The highest BCUT2D eigenvalue weighted by molar-refractivity contribution is 7.92. The van der Waals surface area contributed by atoms with Crippen molar-refractivity contribution in [3.63, 3.8) is 0 Å². The van der Waals surface area contributed by atoms with E-state index in [1.54, 1.807) is 29.3 Å². The van der Waals surface area contributed by atoms with E-state index in [2.05, 4.69) is 9.88 Å². The van der Waals surface area contributed by atoms with Crippen LogP contribution in [-0.2, 0) is 31.3 Å². The zero-order valence-corrected chi connectivity index (χ0v) is 25.8. The maximum absolute atomic E-state index is 13.4. The molecule has 224 valence electrons. The summed E-state index contributed by atoms with van der Waals surface area (Å²) in [4.78, 5) is 14.9. The first-order valence-corrected chi connectivity index (χ1v) is 16.7. The number of ether oxygens (including phenoxy) is 1. The van der Waals surface area contributed by atoms with Crippen LogP contribution < -0.4 is 9.46 Å². The molecule has 3 heterocycles. The van der Waals surface area contributed by atoms with Crippen LogP contribution in [-0.4, -0.2) is 81.1 Å². The Labute approximate surface area is 244 Å². The third kappa shape index (κ3) is 6.59. The van der Waals surface area contributed by atoms with Crippen LogP contribution in [0.3, 0.4) is 0 Å². The van der Waals surface area contributed by atoms with Gasteiger partial charge in [0.1, 0.15) is 21.8 Å². The molecule has 3 aromatic rings. The molecule has 15 heteroatoms. The lowest BCUT2D eigenvalue weighted by atomic mass is 10.0. The van der Waals surface area contributed by atoms with Crippen LogP contribution in [0.2, 0.25) is 0 Å². The number of hydrogen-bond donors (Lipinski definition) is 2. The zero-order chi connectivity index (χ0) is 30.1. The summed E-state index contributed by atoms with van der Waals surface area (Å²) in [7, 11) is -6.33. The molecule has 1 aromatic carbocycles. The van der Waals surface area contributed by atoms with Gasteiger partial charge in [-0.05, 0) is 50.4 Å². The minimum Gasteiger partial charge on any atom is -0.488 e. The molecule has 2 aromatic heterocycles. The molecule has 0 aliphatic carbocycles. The molecule has 1 amide bonds. The van der Waals surface area contributed by atoms with E-state index in [9.17, 15) is 26.7 Å². The highest BCUT2D eigenvalue weighted by atomic mass is 32.2. The first-order chi connectivity index (χ1) is 19.2. The van der Waals surface area contributed by atoms with E-state index in [0.717, 1.165) is 11.3 Å². The topological polar surface area (TPSA) is 159 Å². The van der Waals surface area contributed by atoms with Crippen molar-refractivity contribution in [3.8, 4) is 5.75 Å². The van der Waals surface area contributed by atoms with Crippen molar-refractivity contribution in [2.24, 2.45) is 5.92 Å². The Balaban J connectivity index is 1.70. The van der Waals surface area contributed by atoms with Gasteiger partial charge in [-0.2, -0.15) is 4.31 Å². The predicted molar refractivity (Wildman–Crippen MR) is 153 cm³/mol. The van der Waals surface area contributed by atoms with Gasteiger partial charge >= 0.3 is 0 Å². The maximum Gasteiger partial charge on any atom is 0.267 e. The fourth-order valence-electron chi connectivity index (χ4n) is 4.69. The summed E-state index contributed by atoms with van der Waals surface area (Å²) in [6.45, 7) is 6.56. The SMILES string of the molecule is Cc1noc(C)c1S(=O)(=O)Nc1ccc2c(c1)CC(=O)N([C@H](C)CO)C[C@@H](C)[C@H](CN(C)S(=O)(=O)c1cccs1)O2. The van der Waals surface area contributed by atoms with E-state index in [1.165, 1.54) is 43.4 Å². The largest absolute Gasteiger partial charge is 0.488 e. The Kier molecular flexibility index (Phi) is 9.13. The first-order valence-electron chi connectivity index (χ1n) is 12.9. The number of nitrogens with one attached hydrogen (secondary N) is 1. The molecule has 0 radical (unpaired) electrons. The highest BCUT2D eigenvalue weighted by Gasteiger charge is 2.34. The second-order valence-corrected chi connectivity index (χ2v) is 15.0. The molecule has 0 spiro atoms. The lowest BCUT2D eigenvalue weighted by Crippen LogP contribution is -2.48. The first kappa shape index (κ1) is 31.0. The van der Waals surface area contributed by atoms with Gasteiger partial charge < -0.3 is 19.3 Å². The number of aryl methyl sites for hydroxylation is 2. The highest BCUT2D eigenvalue weighted by Crippen LogP contribution is 2.31. The molecule has 1 aliphatic rings. The summed E-state index contributed by atoms with van der Waals surface area (Å²) in [6, 6.07) is 7.29. The van der Waals surface area contributed by atoms with Crippen LogP contribution >= 0.6 is 11.3 Å². The van der Waals surface area contributed by atoms with Crippen LogP contribution in [0, 0.1) is 19.8 Å². The Bertz CT molecular complexity index is 1580. The van der Waals surface area contributed by atoms with Crippen LogP contribution in [0.1, 0.15) is 30.9 Å². The quantitative estimate of drug-likeness (QED) is 0.364. The molecule has 1 aliphatic heterocycles. The molecule has 0 bridgehead atoms. The predicted octanol–water partition coefficient (Wildman–Crippen LogP) is 2.62. The number of thiophene rings is 1. The fourth-order valence-corrected chi connectivity index (χ4v) is 8.46. The van der Waals surface area contributed by atoms with Gasteiger partial charge in [-0.15, -0.1) is 11.3 Å². The van der Waals surface area contributed by atoms with Crippen molar-refractivity contribution in [1.29, 1.82) is 0 Å². The summed E-state index contributed by atoms with van der Waals surface area (Å²) in [6.07, 6.45) is -0.791. The van der Waals surface area contributed by atoms with E-state index in [1.807, 2.05) is 6.92 Å². The molecule has 0 saturated carbocycles. The van der Waals surface area contributed by atoms with Gasteiger partial charge in [0.15, 0.2) is 10.7 Å². The minimum absolute atomic E-state index is 0.00317. The van der Waals surface area contributed by atoms with Crippen LogP contribution in [0.15, 0.2) is 49.3 Å². The number of benzene rings is 1. The molecule has 3 atom stereocenters. The van der Waals surface area contributed by atoms with E-state index >= 15 is 0 Å². The smallest absolute Gasteiger partial charge is 0.267 e. The Hall–Kier alpha value is -2.98. The number of amides is 1. The number of carbonyl (C=O) groups is 1. The van der Waals surface area contributed by atoms with Gasteiger partial charge in [0.25, 0.3) is 20.0 Å². The number of carbonyl (C=O) groups excluding carboxylic acids is 1. The zero-order valence-electron chi connectivity index (χ0n) is 23.4. The normalized spacial score (nSPS) is 19.2. The molecule has 0 unspecified atom stereocenters. The van der Waals surface area contributed by atoms with Crippen molar-refractivity contribution in [3.05, 3.63) is 52.7 Å². The molecule has 0 saturated heterocycles. The fraction of sp³-hybridized carbons (Fsp3) is 0.462. The summed E-state index contributed by atoms with van der Waals surface area (Å²) in [5, 5.41) is 15.2. The monoisotopic (exact) mass is 626 g/mol. The summed E-state index contributed by atoms with van der Waals surface area (Å²) < 4.78 is 67.8. The standard InChI is InChI=1S/C26H34N4O8S3/c1-16-13-30(17(2)15-31)24(32)12-20-11-21(28-40(33,34)26-18(3)27-38-19(26)4)8-9-22(20)37-23(16)14-29(5)41(35,36)25-7-6-10-39-25/h6-11,16-17,23,28,31H,12-15H2,1-5H3/t16-,17-,23+/m1/s1. The van der Waals surface area contributed by atoms with E-state index in [4.69, 9.17) is 9.26 Å². The van der Waals surface area contributed by atoms with Crippen molar-refractivity contribution in [2.75, 3.05) is 31.5 Å². The third-order valence-corrected chi connectivity index (χ3v) is 11.8. The molecule has 12 nitrogen and oxygen atoms in total. The number of aliphatic hydroxyl groups excluding tert-OH is 1. The summed E-state index contributed by atoms with van der Waals surface area (Å²) in [5.74, 6) is -0.133. The van der Waals surface area contributed by atoms with Crippen molar-refractivity contribution in [1.82, 2.24) is 14.4 Å². The number of aromatic nitrogens is 1. The number of nitrogens with zero attached hydrogens (tertiary/aromatic N) is 3. The Morgan fingerprint density at radius 1 is 1.24 bits per heavy atom. The number of rotatable bonds is 9. The summed E-state index contributed by atoms with van der Waals surface area (Å²) >= 11 is 1.12. The van der Waals surface area contributed by atoms with Gasteiger partial charge in [0.2, 0.25) is 5.91 Å². The average molecular weight is 627 g/mol. The number of anilines is 1. The summed E-state index contributed by atoms with van der Waals surface area (Å²) in [5.41, 5.74) is 0.818. The number of hydrogen-bond acceptors (Lipinski definition) is 10. The van der Waals surface area contributed by atoms with E-state index in [0.29, 0.717) is 11.3 Å².